The molecule has 0 aromatic heterocycles. The van der Waals surface area contributed by atoms with Crippen molar-refractivity contribution >= 4 is 50.4 Å². The number of nitrogens with zero attached hydrogens (tertiary/aromatic N) is 2. The minimum atomic E-state index is -3.95. The Bertz CT molecular complexity index is 1930. The van der Waals surface area contributed by atoms with Gasteiger partial charge in [-0.15, -0.1) is 0 Å². The lowest BCUT2D eigenvalue weighted by Gasteiger charge is -2.37. The van der Waals surface area contributed by atoms with Gasteiger partial charge in [0.25, 0.3) is 15.9 Å². The van der Waals surface area contributed by atoms with E-state index in [1.165, 1.54) is 40.5 Å². The van der Waals surface area contributed by atoms with Gasteiger partial charge in [-0.3, -0.25) is 14.5 Å². The molecule has 1 heterocycles. The van der Waals surface area contributed by atoms with Crippen LogP contribution in [-0.2, 0) is 21.2 Å². The van der Waals surface area contributed by atoms with Gasteiger partial charge in [-0.25, -0.2) is 13.1 Å². The number of sulfonamides is 1. The summed E-state index contributed by atoms with van der Waals surface area (Å²) < 4.78 is 27.3. The third kappa shape index (κ3) is 7.49. The molecule has 1 saturated heterocycles. The second kappa shape index (κ2) is 14.0. The zero-order chi connectivity index (χ0) is 33.0. The monoisotopic (exact) mass is 666 g/mol. The Kier molecular flexibility index (Phi) is 9.58. The van der Waals surface area contributed by atoms with Crippen LogP contribution in [-0.4, -0.2) is 57.9 Å². The van der Waals surface area contributed by atoms with Crippen LogP contribution in [0.15, 0.2) is 120 Å². The molecule has 2 amide bonds. The molecule has 0 bridgehead atoms. The van der Waals surface area contributed by atoms with Gasteiger partial charge in [-0.1, -0.05) is 54.6 Å². The average Bonchev–Trinajstić information content (AvgIpc) is 3.09. The number of carbonyl (C=O) groups is 2. The SMILES string of the molecule is C=CC(=O)Nc1ccc2c(c1)CCC(CN1CCN(c3ccc(C(=O)NS(=O)(=O)c4ccccc4)cc3)CC1)=C2c1ccc(Cl)cc1. The Balaban J connectivity index is 1.13. The van der Waals surface area contributed by atoms with Gasteiger partial charge < -0.3 is 10.2 Å². The highest BCUT2D eigenvalue weighted by atomic mass is 35.5. The molecule has 10 heteroatoms. The Morgan fingerprint density at radius 1 is 0.851 bits per heavy atom. The number of piperazine rings is 1. The molecule has 0 radical (unpaired) electrons. The highest BCUT2D eigenvalue weighted by Gasteiger charge is 2.25. The zero-order valence-electron chi connectivity index (χ0n) is 25.8. The molecule has 0 spiro atoms. The number of rotatable bonds is 9. The number of benzene rings is 4. The number of hydrogen-bond donors (Lipinski definition) is 2. The number of carbonyl (C=O) groups excluding carboxylic acids is 2. The van der Waals surface area contributed by atoms with E-state index in [9.17, 15) is 18.0 Å². The van der Waals surface area contributed by atoms with E-state index in [2.05, 4.69) is 50.7 Å². The van der Waals surface area contributed by atoms with E-state index in [0.29, 0.717) is 5.02 Å². The largest absolute Gasteiger partial charge is 0.369 e. The maximum atomic E-state index is 12.7. The molecule has 4 aromatic carbocycles. The van der Waals surface area contributed by atoms with E-state index in [1.54, 1.807) is 30.3 Å². The van der Waals surface area contributed by atoms with Gasteiger partial charge in [0.05, 0.1) is 4.90 Å². The normalized spacial score (nSPS) is 15.1. The lowest BCUT2D eigenvalue weighted by Crippen LogP contribution is -2.47. The van der Waals surface area contributed by atoms with E-state index >= 15 is 0 Å². The van der Waals surface area contributed by atoms with Crippen molar-refractivity contribution in [2.45, 2.75) is 17.7 Å². The molecule has 0 atom stereocenters. The maximum absolute atomic E-state index is 12.7. The molecule has 2 N–H and O–H groups in total. The molecule has 240 valence electrons. The second-order valence-corrected chi connectivity index (χ2v) is 13.7. The summed E-state index contributed by atoms with van der Waals surface area (Å²) in [6.45, 7) is 7.77. The van der Waals surface area contributed by atoms with E-state index < -0.39 is 15.9 Å². The standard InChI is InChI=1S/C37H35ClN4O4S/c1-2-35(43)39-31-16-19-34-28(24-31)8-9-29(36(34)26-10-14-30(38)15-11-26)25-41-20-22-42(23-21-41)32-17-12-27(13-18-32)37(44)40-47(45,46)33-6-4-3-5-7-33/h2-7,10-19,24H,1,8-9,20-23,25H2,(H,39,43)(H,40,44). The van der Waals surface area contributed by atoms with Gasteiger partial charge in [0.2, 0.25) is 5.91 Å². The first-order chi connectivity index (χ1) is 22.7. The quantitative estimate of drug-likeness (QED) is 0.208. The Morgan fingerprint density at radius 2 is 1.55 bits per heavy atom. The summed E-state index contributed by atoms with van der Waals surface area (Å²) in [5.41, 5.74) is 8.10. The molecule has 6 rings (SSSR count). The minimum Gasteiger partial charge on any atom is -0.369 e. The van der Waals surface area contributed by atoms with Gasteiger partial charge in [0.15, 0.2) is 0 Å². The first kappa shape index (κ1) is 32.2. The van der Waals surface area contributed by atoms with Crippen LogP contribution in [0.25, 0.3) is 5.57 Å². The summed E-state index contributed by atoms with van der Waals surface area (Å²) in [6.07, 6.45) is 3.06. The number of nitrogens with one attached hydrogen (secondary N) is 2. The molecule has 1 fully saturated rings. The molecular formula is C37H35ClN4O4S. The van der Waals surface area contributed by atoms with Crippen LogP contribution in [0.3, 0.4) is 0 Å². The van der Waals surface area contributed by atoms with Crippen molar-refractivity contribution in [3.05, 3.63) is 143 Å². The van der Waals surface area contributed by atoms with E-state index in [0.717, 1.165) is 62.5 Å². The molecule has 1 aliphatic carbocycles. The van der Waals surface area contributed by atoms with E-state index in [1.807, 2.05) is 30.3 Å². The summed E-state index contributed by atoms with van der Waals surface area (Å²) >= 11 is 6.24. The molecule has 1 aliphatic heterocycles. The Labute approximate surface area is 280 Å². The molecule has 0 unspecified atom stereocenters. The van der Waals surface area contributed by atoms with Crippen molar-refractivity contribution in [1.82, 2.24) is 9.62 Å². The summed E-state index contributed by atoms with van der Waals surface area (Å²) in [5, 5.41) is 3.57. The van der Waals surface area contributed by atoms with Crippen LogP contribution in [0.1, 0.15) is 33.5 Å². The van der Waals surface area contributed by atoms with Crippen molar-refractivity contribution in [3.63, 3.8) is 0 Å². The number of aryl methyl sites for hydroxylation is 1. The number of amides is 2. The highest BCUT2D eigenvalue weighted by molar-refractivity contribution is 7.90. The molecule has 0 saturated carbocycles. The van der Waals surface area contributed by atoms with Crippen LogP contribution in [0, 0.1) is 0 Å². The van der Waals surface area contributed by atoms with Gasteiger partial charge in [0.1, 0.15) is 0 Å². The van der Waals surface area contributed by atoms with Gasteiger partial charge in [-0.05, 0) is 107 Å². The zero-order valence-corrected chi connectivity index (χ0v) is 27.4. The van der Waals surface area contributed by atoms with Crippen LogP contribution in [0.4, 0.5) is 11.4 Å². The highest BCUT2D eigenvalue weighted by Crippen LogP contribution is 2.38. The number of hydrogen-bond acceptors (Lipinski definition) is 6. The van der Waals surface area contributed by atoms with E-state index in [4.69, 9.17) is 11.6 Å². The first-order valence-electron chi connectivity index (χ1n) is 15.4. The third-order valence-corrected chi connectivity index (χ3v) is 10.2. The topological polar surface area (TPSA) is 98.8 Å². The molecular weight excluding hydrogens is 632 g/mol. The predicted octanol–water partition coefficient (Wildman–Crippen LogP) is 6.15. The number of anilines is 2. The Morgan fingerprint density at radius 3 is 2.23 bits per heavy atom. The van der Waals surface area contributed by atoms with Crippen molar-refractivity contribution in [2.75, 3.05) is 42.9 Å². The van der Waals surface area contributed by atoms with Crippen molar-refractivity contribution < 1.29 is 18.0 Å². The molecule has 4 aromatic rings. The van der Waals surface area contributed by atoms with Crippen LogP contribution in [0.2, 0.25) is 5.02 Å². The van der Waals surface area contributed by atoms with Crippen LogP contribution >= 0.6 is 11.6 Å². The van der Waals surface area contributed by atoms with Gasteiger partial charge in [-0.2, -0.15) is 0 Å². The molecule has 47 heavy (non-hydrogen) atoms. The summed E-state index contributed by atoms with van der Waals surface area (Å²) in [5.74, 6) is -0.897. The summed E-state index contributed by atoms with van der Waals surface area (Å²) in [4.78, 5) is 29.4. The Hall–Kier alpha value is -4.70. The fraction of sp³-hybridized carbons (Fsp3) is 0.189. The van der Waals surface area contributed by atoms with Crippen molar-refractivity contribution in [1.29, 1.82) is 0 Å². The molecule has 2 aliphatic rings. The average molecular weight is 667 g/mol. The number of fused-ring (bicyclic) bond motifs is 1. The fourth-order valence-corrected chi connectivity index (χ4v) is 7.27. The van der Waals surface area contributed by atoms with Crippen LogP contribution in [0.5, 0.6) is 0 Å². The van der Waals surface area contributed by atoms with Crippen molar-refractivity contribution in [3.8, 4) is 0 Å². The maximum Gasteiger partial charge on any atom is 0.264 e. The first-order valence-corrected chi connectivity index (χ1v) is 17.3. The van der Waals surface area contributed by atoms with E-state index in [-0.39, 0.29) is 16.4 Å². The third-order valence-electron chi connectivity index (χ3n) is 8.57. The predicted molar refractivity (Wildman–Crippen MR) is 187 cm³/mol. The second-order valence-electron chi connectivity index (χ2n) is 11.6. The minimum absolute atomic E-state index is 0.0414. The molecule has 8 nitrogen and oxygen atoms in total. The lowest BCUT2D eigenvalue weighted by atomic mass is 9.81. The van der Waals surface area contributed by atoms with Crippen LogP contribution < -0.4 is 14.9 Å². The van der Waals surface area contributed by atoms with Gasteiger partial charge in [0, 0.05) is 54.7 Å². The number of halogens is 1. The smallest absolute Gasteiger partial charge is 0.264 e. The van der Waals surface area contributed by atoms with Crippen molar-refractivity contribution in [2.24, 2.45) is 0 Å². The van der Waals surface area contributed by atoms with Gasteiger partial charge >= 0.3 is 0 Å². The lowest BCUT2D eigenvalue weighted by molar-refractivity contribution is -0.111. The fourth-order valence-electron chi connectivity index (χ4n) is 6.15. The summed E-state index contributed by atoms with van der Waals surface area (Å²) in [7, 11) is -3.95. The summed E-state index contributed by atoms with van der Waals surface area (Å²) in [6, 6.07) is 29.0.